The van der Waals surface area contributed by atoms with Crippen molar-refractivity contribution in [1.29, 1.82) is 0 Å². The topological polar surface area (TPSA) is 67.4 Å². The first-order valence-corrected chi connectivity index (χ1v) is 8.96. The molecule has 2 atom stereocenters. The lowest BCUT2D eigenvalue weighted by Gasteiger charge is -2.29. The van der Waals surface area contributed by atoms with Crippen LogP contribution in [0, 0.1) is 0 Å². The molecule has 1 heterocycles. The summed E-state index contributed by atoms with van der Waals surface area (Å²) in [6.07, 6.45) is 2.70. The van der Waals surface area contributed by atoms with E-state index in [1.54, 1.807) is 0 Å². The van der Waals surface area contributed by atoms with Gasteiger partial charge in [0.25, 0.3) is 5.91 Å². The third-order valence-electron chi connectivity index (χ3n) is 4.00. The van der Waals surface area contributed by atoms with Crippen molar-refractivity contribution in [2.75, 3.05) is 5.32 Å². The predicted octanol–water partition coefficient (Wildman–Crippen LogP) is 4.04. The Labute approximate surface area is 145 Å². The molecule has 3 rings (SSSR count). The van der Waals surface area contributed by atoms with E-state index in [2.05, 4.69) is 10.6 Å². The van der Waals surface area contributed by atoms with Gasteiger partial charge in [-0.15, -0.1) is 11.3 Å². The van der Waals surface area contributed by atoms with Crippen molar-refractivity contribution >= 4 is 29.0 Å². The molecule has 0 saturated heterocycles. The summed E-state index contributed by atoms with van der Waals surface area (Å²) in [5, 5.41) is 7.64. The normalized spacial score (nSPS) is 20.2. The SMILES string of the molecule is O=C(Nc1ccccc1)OC1CCCC(NC(=O)c2cccs2)C1. The maximum Gasteiger partial charge on any atom is 0.411 e. The highest BCUT2D eigenvalue weighted by atomic mass is 32.1. The number of benzene rings is 1. The molecule has 5 nitrogen and oxygen atoms in total. The number of rotatable bonds is 4. The Balaban J connectivity index is 1.48. The highest BCUT2D eigenvalue weighted by molar-refractivity contribution is 7.12. The molecule has 2 amide bonds. The zero-order valence-corrected chi connectivity index (χ0v) is 14.1. The van der Waals surface area contributed by atoms with Gasteiger partial charge in [0.05, 0.1) is 4.88 Å². The van der Waals surface area contributed by atoms with Gasteiger partial charge in [-0.2, -0.15) is 0 Å². The summed E-state index contributed by atoms with van der Waals surface area (Å²) in [4.78, 5) is 24.8. The molecular formula is C18H20N2O3S. The zero-order valence-electron chi connectivity index (χ0n) is 13.2. The van der Waals surface area contributed by atoms with Crippen LogP contribution < -0.4 is 10.6 Å². The fourth-order valence-electron chi connectivity index (χ4n) is 2.87. The van der Waals surface area contributed by atoms with Crippen LogP contribution in [0.1, 0.15) is 35.4 Å². The van der Waals surface area contributed by atoms with Crippen molar-refractivity contribution in [2.24, 2.45) is 0 Å². The van der Waals surface area contributed by atoms with Crippen molar-refractivity contribution in [2.45, 2.75) is 37.8 Å². The Kier molecular flexibility index (Phi) is 5.48. The molecule has 2 unspecified atom stereocenters. The molecule has 1 aromatic carbocycles. The van der Waals surface area contributed by atoms with Crippen molar-refractivity contribution < 1.29 is 14.3 Å². The number of carbonyl (C=O) groups is 2. The number of nitrogens with one attached hydrogen (secondary N) is 2. The molecule has 0 radical (unpaired) electrons. The molecule has 1 fully saturated rings. The molecule has 2 N–H and O–H groups in total. The number of amides is 2. The number of anilines is 1. The predicted molar refractivity (Wildman–Crippen MR) is 94.4 cm³/mol. The number of para-hydroxylation sites is 1. The van der Waals surface area contributed by atoms with E-state index in [9.17, 15) is 9.59 Å². The second-order valence-electron chi connectivity index (χ2n) is 5.83. The van der Waals surface area contributed by atoms with Gasteiger partial charge in [0.1, 0.15) is 6.10 Å². The number of hydrogen-bond acceptors (Lipinski definition) is 4. The van der Waals surface area contributed by atoms with Gasteiger partial charge in [-0.25, -0.2) is 4.79 Å². The number of hydrogen-bond donors (Lipinski definition) is 2. The quantitative estimate of drug-likeness (QED) is 0.880. The molecule has 0 aliphatic heterocycles. The lowest BCUT2D eigenvalue weighted by molar-refractivity contribution is 0.0714. The summed E-state index contributed by atoms with van der Waals surface area (Å²) in [6, 6.07) is 12.9. The minimum Gasteiger partial charge on any atom is -0.446 e. The number of thiophene rings is 1. The Hall–Kier alpha value is -2.34. The van der Waals surface area contributed by atoms with E-state index in [1.165, 1.54) is 11.3 Å². The maximum absolute atomic E-state index is 12.1. The van der Waals surface area contributed by atoms with E-state index in [0.29, 0.717) is 17.0 Å². The highest BCUT2D eigenvalue weighted by Gasteiger charge is 2.26. The van der Waals surface area contributed by atoms with Gasteiger partial charge in [0.15, 0.2) is 0 Å². The average Bonchev–Trinajstić information content (AvgIpc) is 3.10. The lowest BCUT2D eigenvalue weighted by atomic mass is 9.93. The molecular weight excluding hydrogens is 324 g/mol. The summed E-state index contributed by atoms with van der Waals surface area (Å²) in [5.41, 5.74) is 0.709. The van der Waals surface area contributed by atoms with E-state index >= 15 is 0 Å². The largest absolute Gasteiger partial charge is 0.446 e. The maximum atomic E-state index is 12.1. The fourth-order valence-corrected chi connectivity index (χ4v) is 3.49. The molecule has 2 aromatic rings. The van der Waals surface area contributed by atoms with E-state index in [-0.39, 0.29) is 18.1 Å². The van der Waals surface area contributed by atoms with Crippen LogP contribution in [0.25, 0.3) is 0 Å². The lowest BCUT2D eigenvalue weighted by Crippen LogP contribution is -2.41. The number of ether oxygens (including phenoxy) is 1. The van der Waals surface area contributed by atoms with E-state index in [4.69, 9.17) is 4.74 Å². The molecule has 0 spiro atoms. The van der Waals surface area contributed by atoms with Crippen LogP contribution in [0.15, 0.2) is 47.8 Å². The second kappa shape index (κ2) is 7.97. The van der Waals surface area contributed by atoms with Crippen LogP contribution in [0.3, 0.4) is 0 Å². The Morgan fingerprint density at radius 3 is 2.67 bits per heavy atom. The van der Waals surface area contributed by atoms with Crippen LogP contribution in [-0.2, 0) is 4.74 Å². The monoisotopic (exact) mass is 344 g/mol. The van der Waals surface area contributed by atoms with E-state index in [0.717, 1.165) is 19.3 Å². The minimum atomic E-state index is -0.448. The summed E-state index contributed by atoms with van der Waals surface area (Å²) in [5.74, 6) is -0.0515. The van der Waals surface area contributed by atoms with Crippen LogP contribution >= 0.6 is 11.3 Å². The van der Waals surface area contributed by atoms with Gasteiger partial charge in [0.2, 0.25) is 0 Å². The van der Waals surface area contributed by atoms with Crippen LogP contribution in [0.5, 0.6) is 0 Å². The molecule has 126 valence electrons. The highest BCUT2D eigenvalue weighted by Crippen LogP contribution is 2.22. The van der Waals surface area contributed by atoms with E-state index < -0.39 is 6.09 Å². The standard InChI is InChI=1S/C18H20N2O3S/c21-17(16-10-5-11-24-16)19-14-8-4-9-15(12-14)23-18(22)20-13-6-2-1-3-7-13/h1-3,5-7,10-11,14-15H,4,8-9,12H2,(H,19,21)(H,20,22). The van der Waals surface area contributed by atoms with Gasteiger partial charge in [-0.05, 0) is 42.8 Å². The van der Waals surface area contributed by atoms with Gasteiger partial charge >= 0.3 is 6.09 Å². The second-order valence-corrected chi connectivity index (χ2v) is 6.78. The van der Waals surface area contributed by atoms with Crippen molar-refractivity contribution in [3.63, 3.8) is 0 Å². The molecule has 24 heavy (non-hydrogen) atoms. The Morgan fingerprint density at radius 1 is 1.08 bits per heavy atom. The van der Waals surface area contributed by atoms with E-state index in [1.807, 2.05) is 47.8 Å². The number of carbonyl (C=O) groups excluding carboxylic acids is 2. The zero-order chi connectivity index (χ0) is 16.8. The van der Waals surface area contributed by atoms with Crippen molar-refractivity contribution in [3.8, 4) is 0 Å². The summed E-state index contributed by atoms with van der Waals surface area (Å²) >= 11 is 1.42. The average molecular weight is 344 g/mol. The summed E-state index contributed by atoms with van der Waals surface area (Å²) in [6.45, 7) is 0. The third kappa shape index (κ3) is 4.58. The smallest absolute Gasteiger partial charge is 0.411 e. The van der Waals surface area contributed by atoms with Gasteiger partial charge in [-0.3, -0.25) is 10.1 Å². The molecule has 1 saturated carbocycles. The molecule has 1 aliphatic rings. The van der Waals surface area contributed by atoms with Gasteiger partial charge in [-0.1, -0.05) is 24.3 Å². The van der Waals surface area contributed by atoms with Gasteiger partial charge in [0, 0.05) is 18.2 Å². The van der Waals surface area contributed by atoms with Crippen molar-refractivity contribution in [3.05, 3.63) is 52.7 Å². The molecule has 0 bridgehead atoms. The Morgan fingerprint density at radius 2 is 1.92 bits per heavy atom. The first-order valence-electron chi connectivity index (χ1n) is 8.08. The first-order chi connectivity index (χ1) is 11.7. The minimum absolute atomic E-state index is 0.0443. The summed E-state index contributed by atoms with van der Waals surface area (Å²) in [7, 11) is 0. The third-order valence-corrected chi connectivity index (χ3v) is 4.87. The van der Waals surface area contributed by atoms with Crippen LogP contribution in [-0.4, -0.2) is 24.1 Å². The van der Waals surface area contributed by atoms with Gasteiger partial charge < -0.3 is 10.1 Å². The Bertz CT molecular complexity index is 673. The molecule has 6 heteroatoms. The van der Waals surface area contributed by atoms with Crippen LogP contribution in [0.4, 0.5) is 10.5 Å². The summed E-state index contributed by atoms with van der Waals surface area (Å²) < 4.78 is 5.50. The first kappa shape index (κ1) is 16.5. The van der Waals surface area contributed by atoms with Crippen molar-refractivity contribution in [1.82, 2.24) is 5.32 Å². The molecule has 1 aromatic heterocycles. The van der Waals surface area contributed by atoms with Crippen LogP contribution in [0.2, 0.25) is 0 Å². The fraction of sp³-hybridized carbons (Fsp3) is 0.333. The molecule has 1 aliphatic carbocycles.